The number of allylic oxidation sites excluding steroid dienone is 3. The Bertz CT molecular complexity index is 1280. The molecule has 5 rings (SSSR count). The maximum atomic E-state index is 13.3. The number of aliphatic hydroxyl groups excluding tert-OH is 1. The van der Waals surface area contributed by atoms with Gasteiger partial charge in [-0.05, 0) is 119 Å². The number of aliphatic hydroxyl groups is 1. The standard InChI is InChI=1S/C39H63O6PSi/c1-8-47(9-2,10-3)45-38(5,6)24-14-16-29(4)34-22-23-35-31(17-15-25-39(34,35)7)21-20-30-26-36(40)33-28-42-46(41,44-37(33)27-30)43-32-18-12-11-13-19-32/h11-13,18-21,29,33-37,40H,8-10,14-17,22-28H2,1-7H3/b30-20+,31-21+/t29-,33+,34-,35+,36-,37-,39-,46-/m1/s1. The summed E-state index contributed by atoms with van der Waals surface area (Å²) < 4.78 is 37.5. The van der Waals surface area contributed by atoms with E-state index in [4.69, 9.17) is 18.0 Å². The molecule has 0 amide bonds. The third-order valence-corrected chi connectivity index (χ3v) is 19.0. The van der Waals surface area contributed by atoms with Gasteiger partial charge in [-0.25, -0.2) is 4.57 Å². The van der Waals surface area contributed by atoms with Crippen molar-refractivity contribution < 1.29 is 27.7 Å². The minimum Gasteiger partial charge on any atom is -0.412 e. The Morgan fingerprint density at radius 2 is 1.83 bits per heavy atom. The second-order valence-corrected chi connectivity index (χ2v) is 22.3. The van der Waals surface area contributed by atoms with E-state index in [1.165, 1.54) is 56.7 Å². The van der Waals surface area contributed by atoms with E-state index in [0.717, 1.165) is 24.3 Å². The van der Waals surface area contributed by atoms with E-state index in [9.17, 15) is 9.67 Å². The number of benzene rings is 1. The molecule has 6 nitrogen and oxygen atoms in total. The fourth-order valence-corrected chi connectivity index (χ4v) is 14.4. The largest absolute Gasteiger partial charge is 0.530 e. The summed E-state index contributed by atoms with van der Waals surface area (Å²) in [6, 6.07) is 12.6. The van der Waals surface area contributed by atoms with Crippen molar-refractivity contribution >= 4 is 16.1 Å². The average molecular weight is 687 g/mol. The molecule has 4 fully saturated rings. The van der Waals surface area contributed by atoms with Crippen LogP contribution < -0.4 is 4.52 Å². The highest BCUT2D eigenvalue weighted by atomic mass is 31.2. The van der Waals surface area contributed by atoms with Crippen LogP contribution in [0.25, 0.3) is 0 Å². The summed E-state index contributed by atoms with van der Waals surface area (Å²) in [5, 5.41) is 11.0. The molecule has 1 aliphatic heterocycles. The Morgan fingerprint density at radius 1 is 1.11 bits per heavy atom. The number of phosphoric acid groups is 1. The van der Waals surface area contributed by atoms with Gasteiger partial charge >= 0.3 is 7.82 Å². The quantitative estimate of drug-likeness (QED) is 0.164. The lowest BCUT2D eigenvalue weighted by atomic mass is 9.60. The Morgan fingerprint density at radius 3 is 2.53 bits per heavy atom. The van der Waals surface area contributed by atoms with E-state index in [1.807, 2.05) is 18.2 Å². The van der Waals surface area contributed by atoms with Gasteiger partial charge in [0.2, 0.25) is 0 Å². The summed E-state index contributed by atoms with van der Waals surface area (Å²) in [6.45, 7) is 16.9. The number of rotatable bonds is 13. The van der Waals surface area contributed by atoms with E-state index in [2.05, 4.69) is 60.6 Å². The summed E-state index contributed by atoms with van der Waals surface area (Å²) in [4.78, 5) is 0. The van der Waals surface area contributed by atoms with Crippen LogP contribution in [0.5, 0.6) is 5.75 Å². The van der Waals surface area contributed by atoms with Crippen LogP contribution >= 0.6 is 7.82 Å². The van der Waals surface area contributed by atoms with Crippen LogP contribution in [0.2, 0.25) is 18.1 Å². The van der Waals surface area contributed by atoms with Crippen LogP contribution in [0.1, 0.15) is 113 Å². The molecule has 0 spiro atoms. The van der Waals surface area contributed by atoms with Gasteiger partial charge in [-0.2, -0.15) is 0 Å². The Balaban J connectivity index is 1.19. The minimum atomic E-state index is -3.75. The first-order valence-electron chi connectivity index (χ1n) is 18.8. The molecule has 0 unspecified atom stereocenters. The lowest BCUT2D eigenvalue weighted by molar-refractivity contribution is -0.0633. The second kappa shape index (κ2) is 15.4. The van der Waals surface area contributed by atoms with Gasteiger partial charge in [0, 0.05) is 5.92 Å². The predicted octanol–water partition coefficient (Wildman–Crippen LogP) is 11.0. The maximum absolute atomic E-state index is 13.3. The molecule has 8 heteroatoms. The molecule has 0 aromatic heterocycles. The fourth-order valence-electron chi connectivity index (χ4n) is 9.76. The molecule has 8 atom stereocenters. The van der Waals surface area contributed by atoms with Crippen LogP contribution in [-0.4, -0.2) is 37.8 Å². The Labute approximate surface area is 286 Å². The topological polar surface area (TPSA) is 74.2 Å². The number of fused-ring (bicyclic) bond motifs is 2. The molecule has 3 aliphatic carbocycles. The maximum Gasteiger partial charge on any atom is 0.530 e. The van der Waals surface area contributed by atoms with Crippen molar-refractivity contribution in [3.05, 3.63) is 53.6 Å². The van der Waals surface area contributed by atoms with E-state index in [1.54, 1.807) is 17.7 Å². The highest BCUT2D eigenvalue weighted by Crippen LogP contribution is 2.60. The molecule has 1 N–H and O–H groups in total. The first-order chi connectivity index (χ1) is 22.3. The Kier molecular flexibility index (Phi) is 12.1. The van der Waals surface area contributed by atoms with Gasteiger partial charge in [0.25, 0.3) is 0 Å². The van der Waals surface area contributed by atoms with Crippen molar-refractivity contribution in [2.45, 2.75) is 149 Å². The van der Waals surface area contributed by atoms with Gasteiger partial charge < -0.3 is 14.1 Å². The average Bonchev–Trinajstić information content (AvgIpc) is 3.40. The Hall–Kier alpha value is -1.21. The highest BCUT2D eigenvalue weighted by molar-refractivity contribution is 7.49. The molecule has 1 saturated heterocycles. The zero-order chi connectivity index (χ0) is 33.9. The van der Waals surface area contributed by atoms with Crippen LogP contribution in [0.3, 0.4) is 0 Å². The monoisotopic (exact) mass is 686 g/mol. The molecular weight excluding hydrogens is 623 g/mol. The van der Waals surface area contributed by atoms with Crippen LogP contribution in [0.15, 0.2) is 53.6 Å². The molecule has 4 aliphatic rings. The molecule has 264 valence electrons. The highest BCUT2D eigenvalue weighted by Gasteiger charge is 2.51. The molecule has 1 aromatic rings. The molecule has 3 saturated carbocycles. The van der Waals surface area contributed by atoms with Gasteiger partial charge in [-0.1, -0.05) is 89.0 Å². The number of phosphoric ester groups is 1. The first kappa shape index (κ1) is 37.1. The number of para-hydroxylation sites is 1. The van der Waals surface area contributed by atoms with Crippen molar-refractivity contribution in [2.24, 2.45) is 29.1 Å². The molecule has 47 heavy (non-hydrogen) atoms. The van der Waals surface area contributed by atoms with E-state index in [0.29, 0.717) is 35.8 Å². The van der Waals surface area contributed by atoms with Gasteiger partial charge in [0.1, 0.15) is 5.75 Å². The third-order valence-electron chi connectivity index (χ3n) is 12.7. The number of hydrogen-bond acceptors (Lipinski definition) is 6. The zero-order valence-corrected chi connectivity index (χ0v) is 32.2. The molecule has 0 bridgehead atoms. The van der Waals surface area contributed by atoms with Crippen molar-refractivity contribution in [1.29, 1.82) is 0 Å². The summed E-state index contributed by atoms with van der Waals surface area (Å²) >= 11 is 0. The van der Waals surface area contributed by atoms with Crippen LogP contribution in [-0.2, 0) is 18.0 Å². The van der Waals surface area contributed by atoms with Gasteiger partial charge in [-0.15, -0.1) is 0 Å². The third kappa shape index (κ3) is 8.57. The van der Waals surface area contributed by atoms with E-state index < -0.39 is 22.2 Å². The minimum absolute atomic E-state index is 0.0292. The van der Waals surface area contributed by atoms with Crippen LogP contribution in [0, 0.1) is 29.1 Å². The molecule has 1 aromatic carbocycles. The fraction of sp³-hybridized carbons (Fsp3) is 0.744. The molecule has 1 heterocycles. The van der Waals surface area contributed by atoms with Gasteiger partial charge in [0.05, 0.1) is 24.4 Å². The van der Waals surface area contributed by atoms with Gasteiger partial charge in [0.15, 0.2) is 8.32 Å². The van der Waals surface area contributed by atoms with Crippen molar-refractivity contribution in [3.63, 3.8) is 0 Å². The van der Waals surface area contributed by atoms with Gasteiger partial charge in [-0.3, -0.25) is 9.05 Å². The summed E-state index contributed by atoms with van der Waals surface area (Å²) in [5.74, 6) is 2.36. The lowest BCUT2D eigenvalue weighted by Gasteiger charge is -2.44. The first-order valence-corrected chi connectivity index (χ1v) is 22.8. The lowest BCUT2D eigenvalue weighted by Crippen LogP contribution is -2.44. The predicted molar refractivity (Wildman–Crippen MR) is 194 cm³/mol. The van der Waals surface area contributed by atoms with E-state index in [-0.39, 0.29) is 24.2 Å². The summed E-state index contributed by atoms with van der Waals surface area (Å²) in [5.41, 5.74) is 3.06. The normalized spacial score (nSPS) is 35.4. The summed E-state index contributed by atoms with van der Waals surface area (Å²) in [6.07, 6.45) is 14.9. The summed E-state index contributed by atoms with van der Waals surface area (Å²) in [7, 11) is -5.36. The van der Waals surface area contributed by atoms with Crippen molar-refractivity contribution in [1.82, 2.24) is 0 Å². The van der Waals surface area contributed by atoms with Crippen molar-refractivity contribution in [2.75, 3.05) is 6.61 Å². The molecular formula is C39H63O6PSi. The zero-order valence-electron chi connectivity index (χ0n) is 30.3. The molecule has 0 radical (unpaired) electrons. The van der Waals surface area contributed by atoms with E-state index >= 15 is 0 Å². The number of hydrogen-bond donors (Lipinski definition) is 1. The SMILES string of the molecule is CC[Si](CC)(CC)OC(C)(C)CCC[C@@H](C)[C@H]1CC[C@H]2/C(=C/C=C3\C[C@@H](O)[C@@H]4CO[P@](=O)(Oc5ccccc5)O[C@@H]4C3)CCC[C@]12C. The van der Waals surface area contributed by atoms with Crippen LogP contribution in [0.4, 0.5) is 0 Å². The van der Waals surface area contributed by atoms with Crippen molar-refractivity contribution in [3.8, 4) is 5.75 Å². The smallest absolute Gasteiger partial charge is 0.412 e. The second-order valence-electron chi connectivity index (χ2n) is 16.1.